The zero-order valence-electron chi connectivity index (χ0n) is 18.3. The normalized spacial score (nSPS) is 11.9. The van der Waals surface area contributed by atoms with Crippen LogP contribution >= 0.6 is 0 Å². The van der Waals surface area contributed by atoms with Crippen LogP contribution in [0.25, 0.3) is 0 Å². The molecule has 30 heavy (non-hydrogen) atoms. The van der Waals surface area contributed by atoms with E-state index in [-0.39, 0.29) is 0 Å². The van der Waals surface area contributed by atoms with E-state index in [1.54, 1.807) is 0 Å². The van der Waals surface area contributed by atoms with Crippen LogP contribution in [-0.4, -0.2) is 6.61 Å². The monoisotopic (exact) mass is 396 g/mol. The summed E-state index contributed by atoms with van der Waals surface area (Å²) in [6, 6.07) is 31.6. The highest BCUT2D eigenvalue weighted by atomic mass is 16.5. The molecule has 0 amide bonds. The van der Waals surface area contributed by atoms with E-state index in [0.717, 1.165) is 29.5 Å². The van der Waals surface area contributed by atoms with E-state index >= 15 is 0 Å². The molecule has 0 aliphatic heterocycles. The number of ether oxygens (including phenoxy) is 1. The summed E-state index contributed by atoms with van der Waals surface area (Å²) in [4.78, 5) is 0. The first-order chi connectivity index (χ1) is 14.6. The van der Waals surface area contributed by atoms with Crippen molar-refractivity contribution in [2.75, 3.05) is 6.61 Å². The van der Waals surface area contributed by atoms with Crippen LogP contribution < -0.4 is 0 Å². The van der Waals surface area contributed by atoms with Crippen LogP contribution in [0.3, 0.4) is 0 Å². The van der Waals surface area contributed by atoms with Crippen LogP contribution in [0.5, 0.6) is 0 Å². The van der Waals surface area contributed by atoms with E-state index in [4.69, 9.17) is 4.74 Å². The molecular formula is C29H32O. The topological polar surface area (TPSA) is 9.23 Å². The largest absolute Gasteiger partial charge is 0.357 e. The summed E-state index contributed by atoms with van der Waals surface area (Å²) in [5.74, 6) is 0. The van der Waals surface area contributed by atoms with Crippen molar-refractivity contribution in [1.29, 1.82) is 0 Å². The molecule has 0 aliphatic carbocycles. The first-order valence-corrected chi connectivity index (χ1v) is 10.7. The Balaban J connectivity index is 1.98. The fourth-order valence-electron chi connectivity index (χ4n) is 3.77. The first kappa shape index (κ1) is 21.8. The van der Waals surface area contributed by atoms with Crippen molar-refractivity contribution >= 4 is 0 Å². The minimum atomic E-state index is -0.652. The van der Waals surface area contributed by atoms with Crippen LogP contribution in [0.4, 0.5) is 0 Å². The summed E-state index contributed by atoms with van der Waals surface area (Å²) in [6.45, 7) is 7.04. The molecule has 0 atom stereocenters. The molecule has 3 aromatic rings. The van der Waals surface area contributed by atoms with Gasteiger partial charge in [0.05, 0.1) is 6.61 Å². The van der Waals surface area contributed by atoms with Gasteiger partial charge in [0.2, 0.25) is 0 Å². The highest BCUT2D eigenvalue weighted by molar-refractivity contribution is 5.47. The van der Waals surface area contributed by atoms with Crippen molar-refractivity contribution in [1.82, 2.24) is 0 Å². The Bertz CT molecular complexity index is 852. The van der Waals surface area contributed by atoms with Crippen LogP contribution in [-0.2, 0) is 10.3 Å². The zero-order chi connectivity index (χ0) is 21.2. The molecule has 0 aliphatic rings. The lowest BCUT2D eigenvalue weighted by molar-refractivity contribution is 0.0316. The fourth-order valence-corrected chi connectivity index (χ4v) is 3.77. The lowest BCUT2D eigenvalue weighted by atomic mass is 9.80. The maximum absolute atomic E-state index is 6.79. The Labute approximate surface area is 181 Å². The van der Waals surface area contributed by atoms with Crippen LogP contribution in [0.2, 0.25) is 0 Å². The molecule has 1 nitrogen and oxygen atoms in total. The summed E-state index contributed by atoms with van der Waals surface area (Å²) < 4.78 is 6.79. The standard InChI is InChI=1S/C29H32O/c1-24(2)14-13-15-25(3)22-23-30-29(26-16-7-4-8-17-26,27-18-9-5-10-19-27)28-20-11-6-12-21-28/h4-12,14,16-22H,13,15,23H2,1-3H3/b25-22+. The Hall–Kier alpha value is -2.90. The maximum atomic E-state index is 6.79. The Morgan fingerprint density at radius 1 is 0.667 bits per heavy atom. The molecule has 0 N–H and O–H groups in total. The minimum Gasteiger partial charge on any atom is -0.357 e. The van der Waals surface area contributed by atoms with Crippen molar-refractivity contribution < 1.29 is 4.74 Å². The van der Waals surface area contributed by atoms with Crippen molar-refractivity contribution in [3.63, 3.8) is 0 Å². The summed E-state index contributed by atoms with van der Waals surface area (Å²) in [6.07, 6.45) is 6.65. The van der Waals surface area contributed by atoms with Gasteiger partial charge in [-0.3, -0.25) is 0 Å². The molecule has 0 saturated heterocycles. The van der Waals surface area contributed by atoms with E-state index < -0.39 is 5.60 Å². The number of benzene rings is 3. The van der Waals surface area contributed by atoms with Crippen LogP contribution in [0.1, 0.15) is 50.3 Å². The van der Waals surface area contributed by atoms with Gasteiger partial charge in [0.15, 0.2) is 0 Å². The highest BCUT2D eigenvalue weighted by Gasteiger charge is 2.37. The molecule has 0 fully saturated rings. The molecule has 154 valence electrons. The Morgan fingerprint density at radius 2 is 1.10 bits per heavy atom. The molecule has 0 unspecified atom stereocenters. The van der Waals surface area contributed by atoms with Crippen molar-refractivity contribution in [2.24, 2.45) is 0 Å². The average molecular weight is 397 g/mol. The second kappa shape index (κ2) is 10.8. The third kappa shape index (κ3) is 5.37. The van der Waals surface area contributed by atoms with Crippen molar-refractivity contribution in [3.05, 3.63) is 131 Å². The summed E-state index contributed by atoms with van der Waals surface area (Å²) in [5, 5.41) is 0. The van der Waals surface area contributed by atoms with Gasteiger partial charge in [0, 0.05) is 0 Å². The van der Waals surface area contributed by atoms with E-state index in [0.29, 0.717) is 6.61 Å². The second-order valence-corrected chi connectivity index (χ2v) is 7.96. The van der Waals surface area contributed by atoms with Gasteiger partial charge >= 0.3 is 0 Å². The van der Waals surface area contributed by atoms with Gasteiger partial charge in [0.25, 0.3) is 0 Å². The molecule has 0 aromatic heterocycles. The lowest BCUT2D eigenvalue weighted by Crippen LogP contribution is -2.33. The summed E-state index contributed by atoms with van der Waals surface area (Å²) in [5.41, 5.74) is 5.49. The van der Waals surface area contributed by atoms with Gasteiger partial charge in [-0.2, -0.15) is 0 Å². The number of allylic oxidation sites excluding steroid dienone is 3. The SMILES string of the molecule is CC(C)=CCC/C(C)=C/COC(c1ccccc1)(c1ccccc1)c1ccccc1. The van der Waals surface area contributed by atoms with E-state index in [9.17, 15) is 0 Å². The van der Waals surface area contributed by atoms with Crippen LogP contribution in [0.15, 0.2) is 114 Å². The number of rotatable bonds is 9. The molecule has 1 heteroatoms. The van der Waals surface area contributed by atoms with Crippen molar-refractivity contribution in [2.45, 2.75) is 39.2 Å². The van der Waals surface area contributed by atoms with Gasteiger partial charge in [-0.25, -0.2) is 0 Å². The smallest absolute Gasteiger partial charge is 0.144 e. The van der Waals surface area contributed by atoms with Crippen molar-refractivity contribution in [3.8, 4) is 0 Å². The second-order valence-electron chi connectivity index (χ2n) is 7.96. The molecule has 3 rings (SSSR count). The van der Waals surface area contributed by atoms with E-state index in [2.05, 4.69) is 124 Å². The molecule has 3 aromatic carbocycles. The van der Waals surface area contributed by atoms with Gasteiger partial charge in [-0.05, 0) is 50.3 Å². The number of hydrogen-bond acceptors (Lipinski definition) is 1. The summed E-state index contributed by atoms with van der Waals surface area (Å²) >= 11 is 0. The molecule has 0 saturated carbocycles. The highest BCUT2D eigenvalue weighted by Crippen LogP contribution is 2.40. The Kier molecular flexibility index (Phi) is 7.82. The quantitative estimate of drug-likeness (QED) is 0.266. The van der Waals surface area contributed by atoms with E-state index in [1.165, 1.54) is 11.1 Å². The minimum absolute atomic E-state index is 0.555. The van der Waals surface area contributed by atoms with E-state index in [1.807, 2.05) is 0 Å². The van der Waals surface area contributed by atoms with Gasteiger partial charge in [0.1, 0.15) is 5.60 Å². The third-order valence-electron chi connectivity index (χ3n) is 5.36. The first-order valence-electron chi connectivity index (χ1n) is 10.7. The molecule has 0 radical (unpaired) electrons. The van der Waals surface area contributed by atoms with Gasteiger partial charge in [-0.15, -0.1) is 0 Å². The van der Waals surface area contributed by atoms with Crippen LogP contribution in [0, 0.1) is 0 Å². The molecule has 0 spiro atoms. The fraction of sp³-hybridized carbons (Fsp3) is 0.241. The zero-order valence-corrected chi connectivity index (χ0v) is 18.3. The predicted octanol–water partition coefficient (Wildman–Crippen LogP) is 7.69. The molecular weight excluding hydrogens is 364 g/mol. The maximum Gasteiger partial charge on any atom is 0.144 e. The number of hydrogen-bond donors (Lipinski definition) is 0. The Morgan fingerprint density at radius 3 is 1.50 bits per heavy atom. The molecule has 0 heterocycles. The summed E-state index contributed by atoms with van der Waals surface area (Å²) in [7, 11) is 0. The predicted molar refractivity (Wildman–Crippen MR) is 128 cm³/mol. The van der Waals surface area contributed by atoms with Gasteiger partial charge in [-0.1, -0.05) is 114 Å². The van der Waals surface area contributed by atoms with Gasteiger partial charge < -0.3 is 4.74 Å². The third-order valence-corrected chi connectivity index (χ3v) is 5.36. The molecule has 0 bridgehead atoms. The average Bonchev–Trinajstić information content (AvgIpc) is 2.78. The lowest BCUT2D eigenvalue weighted by Gasteiger charge is -2.35.